The van der Waals surface area contributed by atoms with Crippen LogP contribution in [0, 0.1) is 16.0 Å². The highest BCUT2D eigenvalue weighted by Gasteiger charge is 2.25. The number of benzene rings is 1. The first kappa shape index (κ1) is 18.8. The molecule has 136 valence electrons. The molecule has 7 heteroatoms. The summed E-state index contributed by atoms with van der Waals surface area (Å²) in [5.74, 6) is 1.46. The Morgan fingerprint density at radius 3 is 2.72 bits per heavy atom. The van der Waals surface area contributed by atoms with Gasteiger partial charge >= 0.3 is 5.82 Å². The van der Waals surface area contributed by atoms with Crippen molar-refractivity contribution in [3.05, 3.63) is 46.3 Å². The summed E-state index contributed by atoms with van der Waals surface area (Å²) in [6, 6.07) is 7.74. The summed E-state index contributed by atoms with van der Waals surface area (Å²) in [5, 5.41) is 14.6. The van der Waals surface area contributed by atoms with Crippen molar-refractivity contribution in [3.8, 4) is 5.75 Å². The van der Waals surface area contributed by atoms with E-state index in [0.29, 0.717) is 18.3 Å². The van der Waals surface area contributed by atoms with E-state index in [1.807, 2.05) is 24.3 Å². The van der Waals surface area contributed by atoms with Crippen molar-refractivity contribution in [1.82, 2.24) is 9.55 Å². The number of hydrogen-bond acceptors (Lipinski definition) is 5. The van der Waals surface area contributed by atoms with Crippen molar-refractivity contribution in [3.63, 3.8) is 0 Å². The highest BCUT2D eigenvalue weighted by Crippen LogP contribution is 2.34. The summed E-state index contributed by atoms with van der Waals surface area (Å²) in [6.45, 7) is 6.95. The van der Waals surface area contributed by atoms with E-state index in [9.17, 15) is 10.1 Å². The zero-order valence-electron chi connectivity index (χ0n) is 15.2. The predicted octanol–water partition coefficient (Wildman–Crippen LogP) is 4.32. The minimum atomic E-state index is -0.464. The van der Waals surface area contributed by atoms with Crippen LogP contribution in [0.15, 0.2) is 30.6 Å². The summed E-state index contributed by atoms with van der Waals surface area (Å²) in [6.07, 6.45) is 3.19. The molecule has 0 radical (unpaired) electrons. The number of ether oxygens (including phenoxy) is 1. The molecule has 0 aliphatic rings. The van der Waals surface area contributed by atoms with Crippen LogP contribution in [0.3, 0.4) is 0 Å². The number of imidazole rings is 1. The van der Waals surface area contributed by atoms with Crippen LogP contribution < -0.4 is 10.1 Å². The summed E-state index contributed by atoms with van der Waals surface area (Å²) < 4.78 is 7.52. The molecule has 0 saturated heterocycles. The molecule has 2 rings (SSSR count). The minimum absolute atomic E-state index is 0.109. The lowest BCUT2D eigenvalue weighted by molar-refractivity contribution is -0.388. The highest BCUT2D eigenvalue weighted by molar-refractivity contribution is 5.54. The summed E-state index contributed by atoms with van der Waals surface area (Å²) in [5.41, 5.74) is 1.00. The molecule has 2 aromatic rings. The molecule has 0 aliphatic heterocycles. The summed E-state index contributed by atoms with van der Waals surface area (Å²) >= 11 is 0. The molecule has 0 spiro atoms. The second-order valence-corrected chi connectivity index (χ2v) is 6.50. The van der Waals surface area contributed by atoms with E-state index in [0.717, 1.165) is 24.2 Å². The zero-order valence-corrected chi connectivity index (χ0v) is 15.2. The van der Waals surface area contributed by atoms with E-state index >= 15 is 0 Å². The normalized spacial score (nSPS) is 12.2. The first-order valence-corrected chi connectivity index (χ1v) is 8.58. The van der Waals surface area contributed by atoms with Gasteiger partial charge in [0, 0.05) is 12.6 Å². The number of aromatic nitrogens is 2. The molecule has 1 unspecified atom stereocenters. The third kappa shape index (κ3) is 4.71. The Balaban J connectivity index is 2.38. The fourth-order valence-electron chi connectivity index (χ4n) is 2.73. The average Bonchev–Trinajstić information content (AvgIpc) is 2.93. The van der Waals surface area contributed by atoms with Crippen LogP contribution in [0.5, 0.6) is 5.75 Å². The van der Waals surface area contributed by atoms with Crippen molar-refractivity contribution in [2.45, 2.75) is 39.7 Å². The van der Waals surface area contributed by atoms with E-state index in [1.165, 1.54) is 6.33 Å². The molecule has 0 bridgehead atoms. The number of nitrogens with zero attached hydrogens (tertiary/aromatic N) is 3. The Bertz CT molecular complexity index is 712. The maximum atomic E-state index is 11.2. The van der Waals surface area contributed by atoms with Crippen molar-refractivity contribution in [2.24, 2.45) is 13.0 Å². The maximum absolute atomic E-state index is 11.2. The van der Waals surface area contributed by atoms with Crippen LogP contribution in [0.25, 0.3) is 0 Å². The van der Waals surface area contributed by atoms with Crippen LogP contribution in [-0.2, 0) is 7.05 Å². The third-order valence-electron chi connectivity index (χ3n) is 3.86. The molecule has 0 aliphatic carbocycles. The van der Waals surface area contributed by atoms with Gasteiger partial charge in [-0.1, -0.05) is 39.0 Å². The van der Waals surface area contributed by atoms with E-state index in [2.05, 4.69) is 31.1 Å². The Kier molecular flexibility index (Phi) is 6.38. The second kappa shape index (κ2) is 8.50. The summed E-state index contributed by atoms with van der Waals surface area (Å²) in [4.78, 5) is 14.7. The van der Waals surface area contributed by atoms with Crippen molar-refractivity contribution in [1.29, 1.82) is 0 Å². The first-order chi connectivity index (χ1) is 11.9. The number of hydrogen-bond donors (Lipinski definition) is 1. The fraction of sp³-hybridized carbons (Fsp3) is 0.500. The number of anilines is 1. The van der Waals surface area contributed by atoms with Gasteiger partial charge in [-0.3, -0.25) is 4.57 Å². The quantitative estimate of drug-likeness (QED) is 0.540. The zero-order chi connectivity index (χ0) is 18.4. The average molecular weight is 346 g/mol. The van der Waals surface area contributed by atoms with E-state index < -0.39 is 4.92 Å². The minimum Gasteiger partial charge on any atom is -0.493 e. The monoisotopic (exact) mass is 346 g/mol. The summed E-state index contributed by atoms with van der Waals surface area (Å²) in [7, 11) is 1.74. The van der Waals surface area contributed by atoms with Crippen LogP contribution in [0.1, 0.15) is 45.2 Å². The molecular formula is C18H26N4O3. The molecular weight excluding hydrogens is 320 g/mol. The van der Waals surface area contributed by atoms with Gasteiger partial charge in [0.15, 0.2) is 0 Å². The molecule has 7 nitrogen and oxygen atoms in total. The first-order valence-electron chi connectivity index (χ1n) is 8.58. The second-order valence-electron chi connectivity index (χ2n) is 6.50. The van der Waals surface area contributed by atoms with Crippen LogP contribution in [0.2, 0.25) is 0 Å². The largest absolute Gasteiger partial charge is 0.493 e. The van der Waals surface area contributed by atoms with Gasteiger partial charge in [-0.15, -0.1) is 0 Å². The Morgan fingerprint density at radius 1 is 1.36 bits per heavy atom. The van der Waals surface area contributed by atoms with Crippen LogP contribution in [0.4, 0.5) is 11.6 Å². The van der Waals surface area contributed by atoms with Gasteiger partial charge in [0.2, 0.25) is 12.1 Å². The molecule has 1 aromatic carbocycles. The SMILES string of the molecule is CCCOc1ccccc1C(CC(C)C)Nc1c([N+](=O)[O-])ncn1C. The third-order valence-corrected chi connectivity index (χ3v) is 3.86. The van der Waals surface area contributed by atoms with Gasteiger partial charge in [0.25, 0.3) is 0 Å². The van der Waals surface area contributed by atoms with Gasteiger partial charge in [-0.25, -0.2) is 0 Å². The van der Waals surface area contributed by atoms with Gasteiger partial charge in [-0.2, -0.15) is 0 Å². The molecule has 1 heterocycles. The van der Waals surface area contributed by atoms with Crippen molar-refractivity contribution < 1.29 is 9.66 Å². The van der Waals surface area contributed by atoms with Gasteiger partial charge in [0.1, 0.15) is 5.75 Å². The van der Waals surface area contributed by atoms with E-state index in [4.69, 9.17) is 4.74 Å². The molecule has 1 N–H and O–H groups in total. The number of rotatable bonds is 9. The van der Waals surface area contributed by atoms with Gasteiger partial charge in [0.05, 0.1) is 12.6 Å². The lowest BCUT2D eigenvalue weighted by atomic mass is 9.96. The number of aryl methyl sites for hydroxylation is 1. The molecule has 25 heavy (non-hydrogen) atoms. The fourth-order valence-corrected chi connectivity index (χ4v) is 2.73. The van der Waals surface area contributed by atoms with Crippen LogP contribution >= 0.6 is 0 Å². The molecule has 0 saturated carbocycles. The number of para-hydroxylation sites is 1. The van der Waals surface area contributed by atoms with E-state index in [-0.39, 0.29) is 11.9 Å². The van der Waals surface area contributed by atoms with Gasteiger partial charge < -0.3 is 20.2 Å². The lowest BCUT2D eigenvalue weighted by Crippen LogP contribution is -2.17. The predicted molar refractivity (Wildman–Crippen MR) is 97.9 cm³/mol. The van der Waals surface area contributed by atoms with Crippen molar-refractivity contribution >= 4 is 11.6 Å². The molecule has 1 aromatic heterocycles. The van der Waals surface area contributed by atoms with E-state index in [1.54, 1.807) is 11.6 Å². The molecule has 0 amide bonds. The molecule has 0 fully saturated rings. The molecule has 1 atom stereocenters. The smallest absolute Gasteiger partial charge is 0.406 e. The van der Waals surface area contributed by atoms with Gasteiger partial charge in [-0.05, 0) is 34.7 Å². The number of nitro groups is 1. The number of nitrogens with one attached hydrogen (secondary N) is 1. The maximum Gasteiger partial charge on any atom is 0.406 e. The lowest BCUT2D eigenvalue weighted by Gasteiger charge is -2.24. The standard InChI is InChI=1S/C18H26N4O3/c1-5-10-25-16-9-7-6-8-14(16)15(11-13(2)3)20-18-17(22(23)24)19-12-21(18)4/h6-9,12-13,15,20H,5,10-11H2,1-4H3. The highest BCUT2D eigenvalue weighted by atomic mass is 16.6. The Labute approximate surface area is 148 Å². The Morgan fingerprint density at radius 2 is 2.08 bits per heavy atom. The van der Waals surface area contributed by atoms with Crippen LogP contribution in [-0.4, -0.2) is 21.1 Å². The van der Waals surface area contributed by atoms with Crippen molar-refractivity contribution in [2.75, 3.05) is 11.9 Å². The Hall–Kier alpha value is -2.57. The topological polar surface area (TPSA) is 82.2 Å².